The monoisotopic (exact) mass is 653 g/mol. The molecule has 0 aliphatic rings. The molecular weight excluding hydrogens is 576 g/mol. The van der Waals surface area contributed by atoms with Crippen molar-refractivity contribution in [3.63, 3.8) is 0 Å². The Balaban J connectivity index is 4.36. The van der Waals surface area contributed by atoms with Gasteiger partial charge in [-0.2, -0.15) is 0 Å². The summed E-state index contributed by atoms with van der Waals surface area (Å²) >= 11 is 0. The van der Waals surface area contributed by atoms with Gasteiger partial charge < -0.3 is 14.2 Å². The SMILES string of the molecule is CCCCCCCCCCCC(=O)OC[C@@H](COC(=O)CCCCCCCCC(C)CC)OC(=O)CCCCCCCCCCC. The molecule has 0 saturated heterocycles. The first-order valence-electron chi connectivity index (χ1n) is 19.9. The Morgan fingerprint density at radius 1 is 0.435 bits per heavy atom. The first kappa shape index (κ1) is 44.4. The van der Waals surface area contributed by atoms with Gasteiger partial charge in [-0.1, -0.05) is 175 Å². The number of carbonyl (C=O) groups excluding carboxylic acids is 3. The van der Waals surface area contributed by atoms with Crippen molar-refractivity contribution in [1.82, 2.24) is 0 Å². The van der Waals surface area contributed by atoms with Crippen LogP contribution in [-0.4, -0.2) is 37.2 Å². The normalized spacial score (nSPS) is 12.5. The number of unbranched alkanes of at least 4 members (excludes halogenated alkanes) is 21. The minimum Gasteiger partial charge on any atom is -0.462 e. The predicted molar refractivity (Wildman–Crippen MR) is 192 cm³/mol. The van der Waals surface area contributed by atoms with E-state index in [1.54, 1.807) is 0 Å². The molecular formula is C40H76O6. The van der Waals surface area contributed by atoms with E-state index in [1.165, 1.54) is 109 Å². The van der Waals surface area contributed by atoms with E-state index < -0.39 is 6.10 Å². The van der Waals surface area contributed by atoms with Crippen LogP contribution in [-0.2, 0) is 28.6 Å². The van der Waals surface area contributed by atoms with E-state index in [1.807, 2.05) is 0 Å². The second-order valence-electron chi connectivity index (χ2n) is 13.8. The van der Waals surface area contributed by atoms with Crippen molar-refractivity contribution < 1.29 is 28.6 Å². The zero-order chi connectivity index (χ0) is 33.9. The zero-order valence-electron chi connectivity index (χ0n) is 31.0. The average molecular weight is 653 g/mol. The highest BCUT2D eigenvalue weighted by molar-refractivity contribution is 5.71. The fourth-order valence-corrected chi connectivity index (χ4v) is 5.71. The molecule has 0 saturated carbocycles. The maximum absolute atomic E-state index is 12.6. The molecule has 0 N–H and O–H groups in total. The number of ether oxygens (including phenoxy) is 3. The molecule has 0 bridgehead atoms. The molecule has 0 radical (unpaired) electrons. The molecule has 0 aliphatic heterocycles. The van der Waals surface area contributed by atoms with Gasteiger partial charge in [0.25, 0.3) is 0 Å². The molecule has 0 aromatic rings. The average Bonchev–Trinajstić information content (AvgIpc) is 3.05. The lowest BCUT2D eigenvalue weighted by Crippen LogP contribution is -2.30. The van der Waals surface area contributed by atoms with Crippen molar-refractivity contribution in [1.29, 1.82) is 0 Å². The highest BCUT2D eigenvalue weighted by Gasteiger charge is 2.19. The number of hydrogen-bond donors (Lipinski definition) is 0. The van der Waals surface area contributed by atoms with Crippen LogP contribution in [0.15, 0.2) is 0 Å². The van der Waals surface area contributed by atoms with Crippen molar-refractivity contribution in [2.75, 3.05) is 13.2 Å². The molecule has 46 heavy (non-hydrogen) atoms. The van der Waals surface area contributed by atoms with Gasteiger partial charge in [0.1, 0.15) is 13.2 Å². The van der Waals surface area contributed by atoms with Gasteiger partial charge in [-0.3, -0.25) is 14.4 Å². The summed E-state index contributed by atoms with van der Waals surface area (Å²) in [7, 11) is 0. The maximum atomic E-state index is 12.6. The summed E-state index contributed by atoms with van der Waals surface area (Å²) in [5.41, 5.74) is 0. The fraction of sp³-hybridized carbons (Fsp3) is 0.925. The van der Waals surface area contributed by atoms with Crippen LogP contribution in [0.4, 0.5) is 0 Å². The van der Waals surface area contributed by atoms with E-state index in [0.717, 1.165) is 63.7 Å². The highest BCUT2D eigenvalue weighted by Crippen LogP contribution is 2.16. The summed E-state index contributed by atoms with van der Waals surface area (Å²) in [5.74, 6) is -0.0560. The number of esters is 3. The first-order chi connectivity index (χ1) is 22.4. The Kier molecular flexibility index (Phi) is 33.5. The van der Waals surface area contributed by atoms with Crippen LogP contribution < -0.4 is 0 Å². The lowest BCUT2D eigenvalue weighted by atomic mass is 10.00. The standard InChI is InChI=1S/C40H76O6/c1-5-8-10-12-14-16-18-23-27-31-38(41)44-34-37(46-40(43)33-29-25-19-17-15-13-11-9-6-2)35-45-39(42)32-28-24-21-20-22-26-30-36(4)7-3/h36-37H,5-35H2,1-4H3/t36?,37-/m0/s1. The molecule has 2 atom stereocenters. The minimum atomic E-state index is -0.757. The molecule has 0 amide bonds. The number of rotatable bonds is 35. The molecule has 272 valence electrons. The Bertz CT molecular complexity index is 693. The molecule has 1 unspecified atom stereocenters. The van der Waals surface area contributed by atoms with Crippen molar-refractivity contribution >= 4 is 17.9 Å². The molecule has 6 nitrogen and oxygen atoms in total. The largest absolute Gasteiger partial charge is 0.462 e. The second-order valence-corrected chi connectivity index (χ2v) is 13.8. The van der Waals surface area contributed by atoms with Crippen LogP contribution in [0, 0.1) is 5.92 Å². The van der Waals surface area contributed by atoms with Crippen molar-refractivity contribution in [2.24, 2.45) is 5.92 Å². The molecule has 0 heterocycles. The molecule has 0 aromatic carbocycles. The van der Waals surface area contributed by atoms with E-state index in [9.17, 15) is 14.4 Å². The van der Waals surface area contributed by atoms with Crippen molar-refractivity contribution in [2.45, 2.75) is 220 Å². The molecule has 0 aliphatic carbocycles. The van der Waals surface area contributed by atoms with Gasteiger partial charge in [0.2, 0.25) is 0 Å². The summed E-state index contributed by atoms with van der Waals surface area (Å²) in [6.07, 6.45) is 30.9. The third kappa shape index (κ3) is 32.4. The van der Waals surface area contributed by atoms with E-state index >= 15 is 0 Å². The first-order valence-corrected chi connectivity index (χ1v) is 19.9. The lowest BCUT2D eigenvalue weighted by molar-refractivity contribution is -0.167. The Morgan fingerprint density at radius 2 is 0.761 bits per heavy atom. The van der Waals surface area contributed by atoms with Crippen LogP contribution in [0.1, 0.15) is 214 Å². The van der Waals surface area contributed by atoms with Crippen LogP contribution in [0.5, 0.6) is 0 Å². The third-order valence-electron chi connectivity index (χ3n) is 9.15. The summed E-state index contributed by atoms with van der Waals surface area (Å²) in [6.45, 7) is 8.90. The topological polar surface area (TPSA) is 78.9 Å². The Hall–Kier alpha value is -1.59. The molecule has 0 rings (SSSR count). The van der Waals surface area contributed by atoms with Crippen molar-refractivity contribution in [3.8, 4) is 0 Å². The summed E-state index contributed by atoms with van der Waals surface area (Å²) < 4.78 is 16.6. The summed E-state index contributed by atoms with van der Waals surface area (Å²) in [5, 5.41) is 0. The van der Waals surface area contributed by atoms with E-state index in [0.29, 0.717) is 19.3 Å². The van der Waals surface area contributed by atoms with Crippen LogP contribution >= 0.6 is 0 Å². The molecule has 6 heteroatoms. The minimum absolute atomic E-state index is 0.0658. The van der Waals surface area contributed by atoms with Gasteiger partial charge in [0, 0.05) is 19.3 Å². The highest BCUT2D eigenvalue weighted by atomic mass is 16.6. The zero-order valence-corrected chi connectivity index (χ0v) is 31.0. The van der Waals surface area contributed by atoms with Gasteiger partial charge in [0.15, 0.2) is 6.10 Å². The van der Waals surface area contributed by atoms with Gasteiger partial charge in [-0.05, 0) is 25.2 Å². The summed E-state index contributed by atoms with van der Waals surface area (Å²) in [6, 6.07) is 0. The third-order valence-corrected chi connectivity index (χ3v) is 9.15. The van der Waals surface area contributed by atoms with Gasteiger partial charge in [-0.25, -0.2) is 0 Å². The fourth-order valence-electron chi connectivity index (χ4n) is 5.71. The maximum Gasteiger partial charge on any atom is 0.306 e. The van der Waals surface area contributed by atoms with E-state index in [-0.39, 0.29) is 31.1 Å². The second kappa shape index (κ2) is 34.7. The van der Waals surface area contributed by atoms with Crippen LogP contribution in [0.2, 0.25) is 0 Å². The van der Waals surface area contributed by atoms with Crippen molar-refractivity contribution in [3.05, 3.63) is 0 Å². The van der Waals surface area contributed by atoms with Crippen LogP contribution in [0.25, 0.3) is 0 Å². The number of carbonyl (C=O) groups is 3. The van der Waals surface area contributed by atoms with Gasteiger partial charge in [-0.15, -0.1) is 0 Å². The lowest BCUT2D eigenvalue weighted by Gasteiger charge is -2.18. The Labute approximate surface area is 285 Å². The summed E-state index contributed by atoms with van der Waals surface area (Å²) in [4.78, 5) is 37.4. The van der Waals surface area contributed by atoms with E-state index in [4.69, 9.17) is 14.2 Å². The van der Waals surface area contributed by atoms with Gasteiger partial charge >= 0.3 is 17.9 Å². The number of hydrogen-bond acceptors (Lipinski definition) is 6. The van der Waals surface area contributed by atoms with Gasteiger partial charge in [0.05, 0.1) is 0 Å². The molecule has 0 aromatic heterocycles. The predicted octanol–water partition coefficient (Wildman–Crippen LogP) is 12.0. The smallest absolute Gasteiger partial charge is 0.306 e. The Morgan fingerprint density at radius 3 is 1.13 bits per heavy atom. The van der Waals surface area contributed by atoms with E-state index in [2.05, 4.69) is 27.7 Å². The van der Waals surface area contributed by atoms with Crippen LogP contribution in [0.3, 0.4) is 0 Å². The molecule has 0 spiro atoms. The quantitative estimate of drug-likeness (QED) is 0.0385. The molecule has 0 fully saturated rings.